The van der Waals surface area contributed by atoms with E-state index < -0.39 is 11.4 Å². The fourth-order valence-electron chi connectivity index (χ4n) is 6.02. The number of carbonyl (C=O) groups excluding carboxylic acids is 1. The zero-order chi connectivity index (χ0) is 21.2. The minimum Gasteiger partial charge on any atom is -0.459 e. The third-order valence-corrected chi connectivity index (χ3v) is 7.53. The van der Waals surface area contributed by atoms with Crippen molar-refractivity contribution in [3.8, 4) is 0 Å². The van der Waals surface area contributed by atoms with Crippen molar-refractivity contribution in [3.05, 3.63) is 0 Å². The quantitative estimate of drug-likeness (QED) is 0.659. The Labute approximate surface area is 174 Å². The number of hydrogen-bond acceptors (Lipinski definition) is 6. The SMILES string of the molecule is C[C@@H]1C[C@H](C)[C@@H]([C@H]2C[C@H](C)[C@H]([C@]3(C)CC[C@H]([C@]4(C)COC(C)(C)O4)O3)O2)OC1=O. The van der Waals surface area contributed by atoms with Crippen LogP contribution < -0.4 is 0 Å². The first-order valence-electron chi connectivity index (χ1n) is 11.3. The summed E-state index contributed by atoms with van der Waals surface area (Å²) in [7, 11) is 0. The summed E-state index contributed by atoms with van der Waals surface area (Å²) in [6, 6.07) is 0. The largest absolute Gasteiger partial charge is 0.459 e. The summed E-state index contributed by atoms with van der Waals surface area (Å²) in [5.41, 5.74) is -0.806. The lowest BCUT2D eigenvalue weighted by Crippen LogP contribution is -2.49. The van der Waals surface area contributed by atoms with Crippen LogP contribution in [0.1, 0.15) is 74.1 Å². The molecule has 0 aliphatic carbocycles. The second-order valence-corrected chi connectivity index (χ2v) is 10.9. The van der Waals surface area contributed by atoms with Gasteiger partial charge in [-0.25, -0.2) is 0 Å². The molecule has 0 spiro atoms. The van der Waals surface area contributed by atoms with Crippen molar-refractivity contribution in [2.24, 2.45) is 17.8 Å². The number of esters is 1. The minimum absolute atomic E-state index is 0.0123. The van der Waals surface area contributed by atoms with Crippen molar-refractivity contribution in [2.75, 3.05) is 6.61 Å². The molecule has 0 aromatic carbocycles. The van der Waals surface area contributed by atoms with Crippen molar-refractivity contribution in [3.63, 3.8) is 0 Å². The van der Waals surface area contributed by atoms with Crippen LogP contribution in [-0.2, 0) is 28.5 Å². The van der Waals surface area contributed by atoms with Gasteiger partial charge in [-0.2, -0.15) is 0 Å². The van der Waals surface area contributed by atoms with E-state index in [0.29, 0.717) is 18.4 Å². The van der Waals surface area contributed by atoms with Gasteiger partial charge < -0.3 is 23.7 Å². The topological polar surface area (TPSA) is 63.2 Å². The fraction of sp³-hybridized carbons (Fsp3) is 0.957. The third kappa shape index (κ3) is 3.86. The van der Waals surface area contributed by atoms with Gasteiger partial charge in [0.05, 0.1) is 36.4 Å². The number of ether oxygens (including phenoxy) is 5. The Balaban J connectivity index is 1.43. The highest BCUT2D eigenvalue weighted by atomic mass is 16.8. The lowest BCUT2D eigenvalue weighted by atomic mass is 9.83. The van der Waals surface area contributed by atoms with Crippen molar-refractivity contribution in [1.29, 1.82) is 0 Å². The molecule has 0 N–H and O–H groups in total. The van der Waals surface area contributed by atoms with Gasteiger partial charge in [-0.15, -0.1) is 0 Å². The molecule has 9 atom stereocenters. The molecule has 0 aromatic rings. The molecule has 29 heavy (non-hydrogen) atoms. The lowest BCUT2D eigenvalue weighted by molar-refractivity contribution is -0.212. The number of hydrogen-bond donors (Lipinski definition) is 0. The summed E-state index contributed by atoms with van der Waals surface area (Å²) in [6.07, 6.45) is 3.38. The van der Waals surface area contributed by atoms with Gasteiger partial charge in [0.2, 0.25) is 0 Å². The minimum atomic E-state index is -0.572. The molecule has 4 aliphatic heterocycles. The van der Waals surface area contributed by atoms with Crippen molar-refractivity contribution in [2.45, 2.75) is 116 Å². The van der Waals surface area contributed by atoms with Gasteiger partial charge in [0.15, 0.2) is 5.79 Å². The maximum Gasteiger partial charge on any atom is 0.309 e. The van der Waals surface area contributed by atoms with Crippen LogP contribution in [-0.4, -0.2) is 54.0 Å². The van der Waals surface area contributed by atoms with Gasteiger partial charge >= 0.3 is 5.97 Å². The van der Waals surface area contributed by atoms with Crippen LogP contribution in [0.15, 0.2) is 0 Å². The molecule has 4 fully saturated rings. The number of rotatable bonds is 3. The van der Waals surface area contributed by atoms with Crippen LogP contribution in [0.4, 0.5) is 0 Å². The van der Waals surface area contributed by atoms with Crippen LogP contribution in [0.2, 0.25) is 0 Å². The Morgan fingerprint density at radius 2 is 1.69 bits per heavy atom. The molecule has 4 saturated heterocycles. The van der Waals surface area contributed by atoms with E-state index in [4.69, 9.17) is 23.7 Å². The van der Waals surface area contributed by atoms with Crippen LogP contribution >= 0.6 is 0 Å². The Morgan fingerprint density at radius 3 is 2.34 bits per heavy atom. The zero-order valence-electron chi connectivity index (χ0n) is 19.0. The molecule has 0 unspecified atom stereocenters. The van der Waals surface area contributed by atoms with Gasteiger partial charge in [-0.1, -0.05) is 20.8 Å². The lowest BCUT2D eigenvalue weighted by Gasteiger charge is -2.38. The van der Waals surface area contributed by atoms with E-state index in [1.165, 1.54) is 0 Å². The van der Waals surface area contributed by atoms with Gasteiger partial charge in [-0.05, 0) is 65.2 Å². The molecule has 0 saturated carbocycles. The van der Waals surface area contributed by atoms with Crippen LogP contribution in [0.5, 0.6) is 0 Å². The summed E-state index contributed by atoms with van der Waals surface area (Å²) in [5.74, 6) is -0.0266. The summed E-state index contributed by atoms with van der Waals surface area (Å²) in [6.45, 7) is 15.0. The molecule has 4 heterocycles. The monoisotopic (exact) mass is 410 g/mol. The van der Waals surface area contributed by atoms with E-state index in [9.17, 15) is 4.79 Å². The summed E-state index contributed by atoms with van der Waals surface area (Å²) in [5, 5.41) is 0. The summed E-state index contributed by atoms with van der Waals surface area (Å²) in [4.78, 5) is 12.1. The summed E-state index contributed by atoms with van der Waals surface area (Å²) >= 11 is 0. The molecule has 6 nitrogen and oxygen atoms in total. The zero-order valence-corrected chi connectivity index (χ0v) is 19.0. The van der Waals surface area contributed by atoms with Crippen molar-refractivity contribution < 1.29 is 28.5 Å². The first-order valence-corrected chi connectivity index (χ1v) is 11.3. The third-order valence-electron chi connectivity index (χ3n) is 7.53. The highest BCUT2D eigenvalue weighted by Crippen LogP contribution is 2.48. The molecule has 166 valence electrons. The van der Waals surface area contributed by atoms with Crippen LogP contribution in [0.25, 0.3) is 0 Å². The maximum absolute atomic E-state index is 12.1. The molecule has 0 amide bonds. The van der Waals surface area contributed by atoms with Crippen LogP contribution in [0.3, 0.4) is 0 Å². The average Bonchev–Trinajstić information content (AvgIpc) is 3.28. The highest BCUT2D eigenvalue weighted by Gasteiger charge is 2.57. The molecule has 0 bridgehead atoms. The standard InChI is InChI=1S/C23H38O6/c1-13-10-15(3)20(24)27-18(13)16-11-14(2)19(26-16)22(6)9-8-17(28-22)23(7)12-25-21(4,5)29-23/h13-19H,8-12H2,1-7H3/t13-,14-,15+,16+,17+,18-,19+,22-,23-/m0/s1. The number of cyclic esters (lactones) is 1. The first kappa shape index (κ1) is 21.5. The van der Waals surface area contributed by atoms with Crippen molar-refractivity contribution in [1.82, 2.24) is 0 Å². The van der Waals surface area contributed by atoms with E-state index in [1.807, 2.05) is 20.8 Å². The van der Waals surface area contributed by atoms with Gasteiger partial charge in [0, 0.05) is 0 Å². The average molecular weight is 411 g/mol. The van der Waals surface area contributed by atoms with E-state index in [2.05, 4.69) is 27.7 Å². The molecule has 6 heteroatoms. The molecule has 0 aromatic heterocycles. The predicted octanol–water partition coefficient (Wildman–Crippen LogP) is 3.85. The highest BCUT2D eigenvalue weighted by molar-refractivity contribution is 5.73. The predicted molar refractivity (Wildman–Crippen MR) is 107 cm³/mol. The Bertz CT molecular complexity index is 649. The van der Waals surface area contributed by atoms with Crippen molar-refractivity contribution >= 4 is 5.97 Å². The second-order valence-electron chi connectivity index (χ2n) is 10.9. The fourth-order valence-corrected chi connectivity index (χ4v) is 6.02. The van der Waals surface area contributed by atoms with E-state index in [1.54, 1.807) is 0 Å². The van der Waals surface area contributed by atoms with Gasteiger partial charge in [-0.3, -0.25) is 4.79 Å². The smallest absolute Gasteiger partial charge is 0.309 e. The van der Waals surface area contributed by atoms with E-state index in [0.717, 1.165) is 25.7 Å². The van der Waals surface area contributed by atoms with Gasteiger partial charge in [0.25, 0.3) is 0 Å². The molecule has 0 radical (unpaired) electrons. The Hall–Kier alpha value is -0.690. The molecule has 4 rings (SSSR count). The Morgan fingerprint density at radius 1 is 0.966 bits per heavy atom. The van der Waals surface area contributed by atoms with E-state index in [-0.39, 0.29) is 41.9 Å². The summed E-state index contributed by atoms with van der Waals surface area (Å²) < 4.78 is 31.0. The Kier molecular flexibility index (Phi) is 5.33. The van der Waals surface area contributed by atoms with Gasteiger partial charge in [0.1, 0.15) is 11.7 Å². The number of carbonyl (C=O) groups is 1. The van der Waals surface area contributed by atoms with Crippen LogP contribution in [0, 0.1) is 17.8 Å². The van der Waals surface area contributed by atoms with E-state index >= 15 is 0 Å². The molecule has 4 aliphatic rings. The maximum atomic E-state index is 12.1. The second kappa shape index (κ2) is 7.18. The normalized spacial score (nSPS) is 52.7. The molecular formula is C23H38O6. The molecular weight excluding hydrogens is 372 g/mol. The first-order chi connectivity index (χ1) is 13.4.